The molecular formula is C14H11NO2. The van der Waals surface area contributed by atoms with Crippen LogP contribution in [0.15, 0.2) is 36.0 Å². The van der Waals surface area contributed by atoms with Gasteiger partial charge >= 0.3 is 0 Å². The predicted octanol–water partition coefficient (Wildman–Crippen LogP) is 1.51. The number of terminal acetylenes is 1. The maximum absolute atomic E-state index is 12.1. The maximum Gasteiger partial charge on any atom is 0.209 e. The fourth-order valence-corrected chi connectivity index (χ4v) is 1.81. The van der Waals surface area contributed by atoms with Gasteiger partial charge in [0.25, 0.3) is 0 Å². The Labute approximate surface area is 99.7 Å². The van der Waals surface area contributed by atoms with Gasteiger partial charge in [-0.25, -0.2) is 0 Å². The van der Waals surface area contributed by atoms with Crippen molar-refractivity contribution in [3.63, 3.8) is 0 Å². The lowest BCUT2D eigenvalue weighted by atomic mass is 9.92. The van der Waals surface area contributed by atoms with Crippen LogP contribution < -0.4 is 0 Å². The average molecular weight is 225 g/mol. The minimum Gasteiger partial charge on any atom is -0.360 e. The molecule has 0 N–H and O–H groups in total. The van der Waals surface area contributed by atoms with E-state index < -0.39 is 0 Å². The van der Waals surface area contributed by atoms with Crippen LogP contribution in [0.3, 0.4) is 0 Å². The van der Waals surface area contributed by atoms with Crippen LogP contribution in [-0.4, -0.2) is 30.1 Å². The van der Waals surface area contributed by atoms with Gasteiger partial charge < -0.3 is 4.90 Å². The molecule has 3 nitrogen and oxygen atoms in total. The Balaban J connectivity index is 2.46. The Morgan fingerprint density at radius 1 is 1.24 bits per heavy atom. The van der Waals surface area contributed by atoms with Crippen molar-refractivity contribution in [1.82, 2.24) is 4.90 Å². The molecule has 2 rings (SSSR count). The van der Waals surface area contributed by atoms with E-state index in [0.717, 1.165) is 0 Å². The SMILES string of the molecule is C#CCN(C)C1=CC(=O)c2ccccc2C1=O. The summed E-state index contributed by atoms with van der Waals surface area (Å²) in [6, 6.07) is 6.80. The van der Waals surface area contributed by atoms with E-state index in [1.807, 2.05) is 0 Å². The minimum absolute atomic E-state index is 0.154. The van der Waals surface area contributed by atoms with E-state index in [2.05, 4.69) is 5.92 Å². The molecule has 0 fully saturated rings. The second-order valence-electron chi connectivity index (χ2n) is 3.83. The third-order valence-corrected chi connectivity index (χ3v) is 2.68. The van der Waals surface area contributed by atoms with Crippen LogP contribution in [0.4, 0.5) is 0 Å². The van der Waals surface area contributed by atoms with E-state index >= 15 is 0 Å². The van der Waals surface area contributed by atoms with Crippen LogP contribution in [0.5, 0.6) is 0 Å². The van der Waals surface area contributed by atoms with Gasteiger partial charge in [-0.3, -0.25) is 9.59 Å². The Bertz CT molecular complexity index is 564. The molecule has 1 aromatic carbocycles. The Hall–Kier alpha value is -2.34. The highest BCUT2D eigenvalue weighted by Gasteiger charge is 2.26. The number of nitrogens with zero attached hydrogens (tertiary/aromatic N) is 1. The number of carbonyl (C=O) groups excluding carboxylic acids is 2. The molecule has 0 amide bonds. The molecule has 1 aromatic rings. The molecular weight excluding hydrogens is 214 g/mol. The zero-order chi connectivity index (χ0) is 12.4. The van der Waals surface area contributed by atoms with Crippen molar-refractivity contribution in [2.75, 3.05) is 13.6 Å². The topological polar surface area (TPSA) is 37.4 Å². The summed E-state index contributed by atoms with van der Waals surface area (Å²) in [6.45, 7) is 0.299. The Kier molecular flexibility index (Phi) is 2.80. The highest BCUT2D eigenvalue weighted by atomic mass is 16.1. The molecule has 3 heteroatoms. The highest BCUT2D eigenvalue weighted by molar-refractivity contribution is 6.24. The molecule has 17 heavy (non-hydrogen) atoms. The first-order chi connectivity index (χ1) is 8.15. The van der Waals surface area contributed by atoms with Crippen LogP contribution in [0, 0.1) is 12.3 Å². The second kappa shape index (κ2) is 4.26. The van der Waals surface area contributed by atoms with Crippen LogP contribution in [0.25, 0.3) is 0 Å². The molecule has 0 spiro atoms. The van der Waals surface area contributed by atoms with Gasteiger partial charge in [-0.2, -0.15) is 0 Å². The standard InChI is InChI=1S/C14H11NO2/c1-3-8-15(2)12-9-13(16)10-6-4-5-7-11(10)14(12)17/h1,4-7,9H,8H2,2H3. The molecule has 0 bridgehead atoms. The van der Waals surface area contributed by atoms with E-state index in [-0.39, 0.29) is 11.6 Å². The largest absolute Gasteiger partial charge is 0.360 e. The van der Waals surface area contributed by atoms with E-state index in [1.54, 1.807) is 36.2 Å². The maximum atomic E-state index is 12.1. The molecule has 0 heterocycles. The number of ketones is 2. The summed E-state index contributed by atoms with van der Waals surface area (Å²) in [7, 11) is 1.70. The fraction of sp³-hybridized carbons (Fsp3) is 0.143. The quantitative estimate of drug-likeness (QED) is 0.716. The number of Topliss-reactive ketones (excluding diaryl/α,β-unsaturated/α-hetero) is 1. The van der Waals surface area contributed by atoms with Crippen molar-refractivity contribution in [3.8, 4) is 12.3 Å². The van der Waals surface area contributed by atoms with E-state index in [1.165, 1.54) is 6.08 Å². The zero-order valence-corrected chi connectivity index (χ0v) is 9.43. The summed E-state index contributed by atoms with van der Waals surface area (Å²) in [6.07, 6.45) is 6.54. The number of benzene rings is 1. The Morgan fingerprint density at radius 3 is 2.53 bits per heavy atom. The number of likely N-dealkylation sites (N-methyl/N-ethyl adjacent to an activating group) is 1. The highest BCUT2D eigenvalue weighted by Crippen LogP contribution is 2.22. The number of fused-ring (bicyclic) bond motifs is 1. The van der Waals surface area contributed by atoms with E-state index in [0.29, 0.717) is 23.4 Å². The smallest absolute Gasteiger partial charge is 0.209 e. The van der Waals surface area contributed by atoms with Gasteiger partial charge in [0.15, 0.2) is 5.78 Å². The van der Waals surface area contributed by atoms with E-state index in [9.17, 15) is 9.59 Å². The first-order valence-corrected chi connectivity index (χ1v) is 5.19. The summed E-state index contributed by atoms with van der Waals surface area (Å²) in [5.74, 6) is 2.14. The van der Waals surface area contributed by atoms with Crippen molar-refractivity contribution in [1.29, 1.82) is 0 Å². The monoisotopic (exact) mass is 225 g/mol. The number of carbonyl (C=O) groups is 2. The summed E-state index contributed by atoms with van der Waals surface area (Å²) in [5.41, 5.74) is 1.25. The predicted molar refractivity (Wildman–Crippen MR) is 64.6 cm³/mol. The van der Waals surface area contributed by atoms with Gasteiger partial charge in [0.1, 0.15) is 0 Å². The molecule has 0 radical (unpaired) electrons. The molecule has 0 aromatic heterocycles. The lowest BCUT2D eigenvalue weighted by molar-refractivity contribution is 0.0960. The van der Waals surface area contributed by atoms with Crippen molar-refractivity contribution in [2.24, 2.45) is 0 Å². The molecule has 1 aliphatic carbocycles. The first-order valence-electron chi connectivity index (χ1n) is 5.19. The fourth-order valence-electron chi connectivity index (χ4n) is 1.81. The van der Waals surface area contributed by atoms with Gasteiger partial charge in [0.05, 0.1) is 12.2 Å². The summed E-state index contributed by atoms with van der Waals surface area (Å²) >= 11 is 0. The minimum atomic E-state index is -0.155. The third-order valence-electron chi connectivity index (χ3n) is 2.68. The molecule has 0 aliphatic heterocycles. The number of allylic oxidation sites excluding steroid dienone is 2. The lowest BCUT2D eigenvalue weighted by Crippen LogP contribution is -2.28. The van der Waals surface area contributed by atoms with Crippen LogP contribution in [-0.2, 0) is 0 Å². The van der Waals surface area contributed by atoms with Crippen molar-refractivity contribution < 1.29 is 9.59 Å². The summed E-state index contributed by atoms with van der Waals surface area (Å²) < 4.78 is 0. The molecule has 0 saturated heterocycles. The number of hydrogen-bond donors (Lipinski definition) is 0. The molecule has 0 saturated carbocycles. The van der Waals surface area contributed by atoms with Gasteiger partial charge in [-0.1, -0.05) is 30.2 Å². The summed E-state index contributed by atoms with van der Waals surface area (Å²) in [4.78, 5) is 25.6. The third kappa shape index (κ3) is 1.85. The number of hydrogen-bond acceptors (Lipinski definition) is 3. The lowest BCUT2D eigenvalue weighted by Gasteiger charge is -2.22. The molecule has 0 unspecified atom stereocenters. The number of rotatable bonds is 2. The van der Waals surface area contributed by atoms with Crippen LogP contribution >= 0.6 is 0 Å². The molecule has 84 valence electrons. The second-order valence-corrected chi connectivity index (χ2v) is 3.83. The normalized spacial score (nSPS) is 13.8. The van der Waals surface area contributed by atoms with Crippen molar-refractivity contribution in [3.05, 3.63) is 47.2 Å². The van der Waals surface area contributed by atoms with Crippen LogP contribution in [0.1, 0.15) is 20.7 Å². The molecule has 1 aliphatic rings. The first kappa shape index (κ1) is 11.2. The van der Waals surface area contributed by atoms with Crippen molar-refractivity contribution >= 4 is 11.6 Å². The zero-order valence-electron chi connectivity index (χ0n) is 9.43. The van der Waals surface area contributed by atoms with Crippen molar-refractivity contribution in [2.45, 2.75) is 0 Å². The van der Waals surface area contributed by atoms with Gasteiger partial charge in [-0.05, 0) is 0 Å². The van der Waals surface area contributed by atoms with Gasteiger partial charge in [0.2, 0.25) is 5.78 Å². The van der Waals surface area contributed by atoms with E-state index in [4.69, 9.17) is 6.42 Å². The van der Waals surface area contributed by atoms with Gasteiger partial charge in [0, 0.05) is 24.3 Å². The van der Waals surface area contributed by atoms with Crippen LogP contribution in [0.2, 0.25) is 0 Å². The Morgan fingerprint density at radius 2 is 1.88 bits per heavy atom. The summed E-state index contributed by atoms with van der Waals surface area (Å²) in [5, 5.41) is 0. The molecule has 0 atom stereocenters. The van der Waals surface area contributed by atoms with Gasteiger partial charge in [-0.15, -0.1) is 6.42 Å². The average Bonchev–Trinajstić information content (AvgIpc) is 2.34.